The minimum absolute atomic E-state index is 0.153. The van der Waals surface area contributed by atoms with E-state index in [0.717, 1.165) is 36.1 Å². The van der Waals surface area contributed by atoms with Gasteiger partial charge in [-0.1, -0.05) is 15.9 Å². The van der Waals surface area contributed by atoms with Crippen molar-refractivity contribution >= 4 is 47.7 Å². The molecule has 1 aromatic carbocycles. The van der Waals surface area contributed by atoms with E-state index >= 15 is 0 Å². The molecule has 2 aromatic rings. The maximum atomic E-state index is 13.1. The lowest BCUT2D eigenvalue weighted by atomic mass is 9.91. The molecule has 1 unspecified atom stereocenters. The molecular formula is C22H27BrN4O7S2. The van der Waals surface area contributed by atoms with Gasteiger partial charge in [0.15, 0.2) is 0 Å². The first-order valence-corrected chi connectivity index (χ1v) is 15.2. The van der Waals surface area contributed by atoms with E-state index in [1.54, 1.807) is 41.6 Å². The Morgan fingerprint density at radius 2 is 1.64 bits per heavy atom. The normalized spacial score (nSPS) is 22.2. The van der Waals surface area contributed by atoms with Gasteiger partial charge in [0.2, 0.25) is 15.9 Å². The zero-order valence-electron chi connectivity index (χ0n) is 19.5. The molecule has 1 atom stereocenters. The minimum atomic E-state index is -3.77. The van der Waals surface area contributed by atoms with Crippen LogP contribution in [-0.2, 0) is 29.7 Å². The lowest BCUT2D eigenvalue weighted by Crippen LogP contribution is -2.55. The van der Waals surface area contributed by atoms with Crippen molar-refractivity contribution in [3.8, 4) is 0 Å². The second kappa shape index (κ2) is 10.3. The van der Waals surface area contributed by atoms with Gasteiger partial charge in [-0.25, -0.2) is 8.42 Å². The molecule has 3 saturated heterocycles. The van der Waals surface area contributed by atoms with E-state index in [-0.39, 0.29) is 23.9 Å². The number of piperidine rings is 1. The van der Waals surface area contributed by atoms with Crippen LogP contribution in [0.3, 0.4) is 0 Å². The molecule has 1 aromatic heterocycles. The fourth-order valence-electron chi connectivity index (χ4n) is 4.61. The van der Waals surface area contributed by atoms with Gasteiger partial charge in [-0.15, -0.1) is 0 Å². The summed E-state index contributed by atoms with van der Waals surface area (Å²) in [6.07, 6.45) is 5.31. The van der Waals surface area contributed by atoms with E-state index < -0.39 is 32.0 Å². The number of fused-ring (bicyclic) bond motifs is 1. The number of aromatic nitrogens is 1. The number of rotatable bonds is 3. The van der Waals surface area contributed by atoms with Crippen LogP contribution in [0.5, 0.6) is 0 Å². The molecule has 11 nitrogen and oxygen atoms in total. The zero-order valence-corrected chi connectivity index (χ0v) is 22.7. The third-order valence-corrected chi connectivity index (χ3v) is 8.69. The standard InChI is InChI=1S/C21H23BrN4O4S.CH4O3S/c22-16-1-3-18(4-2-16)31(28,29)25-13-19(27)26-15-21(30-20(26)14-25)7-11-24(12-8-21)17-5-9-23-10-6-17;1-5(2,3)4/h1-6,9-10,20H,7-8,11-15H2;1H3,(H,2,3,4). The van der Waals surface area contributed by atoms with Gasteiger partial charge in [0.1, 0.15) is 6.23 Å². The van der Waals surface area contributed by atoms with Gasteiger partial charge < -0.3 is 14.5 Å². The molecular weight excluding hydrogens is 576 g/mol. The van der Waals surface area contributed by atoms with E-state index in [2.05, 4.69) is 25.8 Å². The van der Waals surface area contributed by atoms with Crippen LogP contribution in [0.2, 0.25) is 0 Å². The van der Waals surface area contributed by atoms with Crippen molar-refractivity contribution in [3.05, 3.63) is 53.3 Å². The number of pyridine rings is 1. The summed E-state index contributed by atoms with van der Waals surface area (Å²) in [5.41, 5.74) is 0.713. The van der Waals surface area contributed by atoms with Crippen molar-refractivity contribution in [3.63, 3.8) is 0 Å². The Hall–Kier alpha value is -2.10. The van der Waals surface area contributed by atoms with Crippen molar-refractivity contribution in [1.82, 2.24) is 14.2 Å². The van der Waals surface area contributed by atoms with Crippen molar-refractivity contribution in [1.29, 1.82) is 0 Å². The van der Waals surface area contributed by atoms with Crippen LogP contribution in [0.25, 0.3) is 0 Å². The monoisotopic (exact) mass is 602 g/mol. The average molecular weight is 604 g/mol. The summed E-state index contributed by atoms with van der Waals surface area (Å²) in [6.45, 7) is 2.16. The van der Waals surface area contributed by atoms with Crippen molar-refractivity contribution < 1.29 is 30.9 Å². The molecule has 0 aliphatic carbocycles. The second-order valence-electron chi connectivity index (χ2n) is 8.95. The average Bonchev–Trinajstić information content (AvgIpc) is 3.18. The number of hydrogen-bond donors (Lipinski definition) is 1. The van der Waals surface area contributed by atoms with Crippen molar-refractivity contribution in [2.24, 2.45) is 0 Å². The highest BCUT2D eigenvalue weighted by atomic mass is 79.9. The van der Waals surface area contributed by atoms with E-state index in [4.69, 9.17) is 9.29 Å². The van der Waals surface area contributed by atoms with Gasteiger partial charge in [0, 0.05) is 35.6 Å². The minimum Gasteiger partial charge on any atom is -0.371 e. The zero-order chi connectivity index (χ0) is 26.1. The first-order chi connectivity index (χ1) is 16.9. The number of piperazine rings is 1. The summed E-state index contributed by atoms with van der Waals surface area (Å²) < 4.78 is 60.4. The lowest BCUT2D eigenvalue weighted by Gasteiger charge is -2.39. The van der Waals surface area contributed by atoms with Crippen molar-refractivity contribution in [2.45, 2.75) is 29.6 Å². The molecule has 0 bridgehead atoms. The number of carbonyl (C=O) groups excluding carboxylic acids is 1. The highest BCUT2D eigenvalue weighted by Gasteiger charge is 2.52. The summed E-state index contributed by atoms with van der Waals surface area (Å²) in [5.74, 6) is -0.203. The Morgan fingerprint density at radius 1 is 1.06 bits per heavy atom. The van der Waals surface area contributed by atoms with Gasteiger partial charge in [-0.3, -0.25) is 14.3 Å². The summed E-state index contributed by atoms with van der Waals surface area (Å²) in [5, 5.41) is 0. The Balaban J connectivity index is 0.000000556. The first kappa shape index (κ1) is 26.9. The Labute approximate surface area is 219 Å². The summed E-state index contributed by atoms with van der Waals surface area (Å²) >= 11 is 3.32. The number of hydrogen-bond acceptors (Lipinski definition) is 8. The van der Waals surface area contributed by atoms with E-state index in [9.17, 15) is 21.6 Å². The highest BCUT2D eigenvalue weighted by Crippen LogP contribution is 2.38. The number of halogens is 1. The van der Waals surface area contributed by atoms with Crippen LogP contribution in [0, 0.1) is 0 Å². The second-order valence-corrected chi connectivity index (χ2v) is 13.3. The van der Waals surface area contributed by atoms with E-state index in [1.807, 2.05) is 12.1 Å². The van der Waals surface area contributed by atoms with Gasteiger partial charge >= 0.3 is 0 Å². The third-order valence-electron chi connectivity index (χ3n) is 6.34. The molecule has 1 amide bonds. The molecule has 0 saturated carbocycles. The fraction of sp³-hybridized carbons (Fsp3) is 0.455. The number of amides is 1. The SMILES string of the molecule is CS(=O)(=O)O.O=C1CN(S(=O)(=O)c2ccc(Br)cc2)CC2OC3(CCN(c4ccncc4)CC3)CN12. The molecule has 3 aliphatic heterocycles. The molecule has 5 rings (SSSR count). The van der Waals surface area contributed by atoms with Crippen LogP contribution in [0.4, 0.5) is 5.69 Å². The highest BCUT2D eigenvalue weighted by molar-refractivity contribution is 9.10. The van der Waals surface area contributed by atoms with Crippen LogP contribution < -0.4 is 4.90 Å². The topological polar surface area (TPSA) is 137 Å². The van der Waals surface area contributed by atoms with Crippen LogP contribution in [-0.4, -0.2) is 92.3 Å². The third kappa shape index (κ3) is 6.23. The maximum absolute atomic E-state index is 13.1. The summed E-state index contributed by atoms with van der Waals surface area (Å²) in [6, 6.07) is 10.4. The molecule has 1 N–H and O–H groups in total. The van der Waals surface area contributed by atoms with Crippen LogP contribution in [0.15, 0.2) is 58.2 Å². The van der Waals surface area contributed by atoms with Crippen LogP contribution >= 0.6 is 15.9 Å². The smallest absolute Gasteiger partial charge is 0.261 e. The van der Waals surface area contributed by atoms with Gasteiger partial charge in [-0.05, 0) is 49.2 Å². The predicted molar refractivity (Wildman–Crippen MR) is 135 cm³/mol. The molecule has 1 spiro atoms. The molecule has 14 heteroatoms. The molecule has 0 radical (unpaired) electrons. The number of anilines is 1. The first-order valence-electron chi connectivity index (χ1n) is 11.2. The quantitative estimate of drug-likeness (QED) is 0.519. The fourth-order valence-corrected chi connectivity index (χ4v) is 6.26. The predicted octanol–water partition coefficient (Wildman–Crippen LogP) is 1.58. The number of carbonyl (C=O) groups is 1. The molecule has 196 valence electrons. The molecule has 36 heavy (non-hydrogen) atoms. The number of ether oxygens (including phenoxy) is 1. The summed E-state index contributed by atoms with van der Waals surface area (Å²) in [7, 11) is -7.43. The van der Waals surface area contributed by atoms with E-state index in [0.29, 0.717) is 12.8 Å². The molecule has 3 aliphatic rings. The summed E-state index contributed by atoms with van der Waals surface area (Å²) in [4.78, 5) is 21.1. The Bertz CT molecular complexity index is 1290. The lowest BCUT2D eigenvalue weighted by molar-refractivity contribution is -0.144. The van der Waals surface area contributed by atoms with Gasteiger partial charge in [0.25, 0.3) is 10.1 Å². The number of benzene rings is 1. The van der Waals surface area contributed by atoms with Crippen molar-refractivity contribution in [2.75, 3.05) is 43.9 Å². The van der Waals surface area contributed by atoms with Gasteiger partial charge in [0.05, 0.1) is 36.4 Å². The largest absolute Gasteiger partial charge is 0.371 e. The van der Waals surface area contributed by atoms with E-state index in [1.165, 1.54) is 4.31 Å². The molecule has 4 heterocycles. The molecule has 3 fully saturated rings. The number of nitrogens with zero attached hydrogens (tertiary/aromatic N) is 4. The number of sulfonamides is 1. The maximum Gasteiger partial charge on any atom is 0.261 e. The van der Waals surface area contributed by atoms with Gasteiger partial charge in [-0.2, -0.15) is 12.7 Å². The van der Waals surface area contributed by atoms with Crippen LogP contribution in [0.1, 0.15) is 12.8 Å². The Kier molecular flexibility index (Phi) is 7.74. The Morgan fingerprint density at radius 3 is 2.22 bits per heavy atom.